The van der Waals surface area contributed by atoms with Crippen LogP contribution in [0.5, 0.6) is 0 Å². The first-order valence-corrected chi connectivity index (χ1v) is 8.97. The molecule has 2 rings (SSSR count). The van der Waals surface area contributed by atoms with E-state index in [0.29, 0.717) is 6.04 Å². The normalized spacial score (nSPS) is 12.9. The standard InChI is InChI=1S/C11H10Br3NS2/c1-15-8(4-6-2-3-10(13)16-6)9-5-7(12)11(14)17-9/h2-3,5,8,15H,4H2,1H3. The highest BCUT2D eigenvalue weighted by Crippen LogP contribution is 2.37. The van der Waals surface area contributed by atoms with Crippen molar-refractivity contribution in [1.29, 1.82) is 0 Å². The van der Waals surface area contributed by atoms with Gasteiger partial charge in [0.05, 0.1) is 7.57 Å². The smallest absolute Gasteiger partial charge is 0.0843 e. The summed E-state index contributed by atoms with van der Waals surface area (Å²) in [6.45, 7) is 0. The van der Waals surface area contributed by atoms with Gasteiger partial charge >= 0.3 is 0 Å². The molecule has 0 aromatic carbocycles. The molecule has 0 aliphatic heterocycles. The molecule has 2 aromatic rings. The van der Waals surface area contributed by atoms with E-state index in [2.05, 4.69) is 71.3 Å². The van der Waals surface area contributed by atoms with Gasteiger partial charge in [0.1, 0.15) is 0 Å². The highest BCUT2D eigenvalue weighted by atomic mass is 79.9. The van der Waals surface area contributed by atoms with Crippen LogP contribution >= 0.6 is 70.5 Å². The third kappa shape index (κ3) is 3.64. The van der Waals surface area contributed by atoms with Crippen LogP contribution in [0.4, 0.5) is 0 Å². The van der Waals surface area contributed by atoms with Gasteiger partial charge in [0.15, 0.2) is 0 Å². The summed E-state index contributed by atoms with van der Waals surface area (Å²) >= 11 is 14.1. The molecule has 0 fully saturated rings. The van der Waals surface area contributed by atoms with Crippen molar-refractivity contribution in [3.05, 3.63) is 40.0 Å². The minimum absolute atomic E-state index is 0.369. The van der Waals surface area contributed by atoms with E-state index in [1.54, 1.807) is 22.7 Å². The molecule has 1 atom stereocenters. The van der Waals surface area contributed by atoms with E-state index in [1.165, 1.54) is 13.5 Å². The fourth-order valence-corrected chi connectivity index (χ4v) is 5.27. The van der Waals surface area contributed by atoms with E-state index in [1.807, 2.05) is 7.05 Å². The maximum atomic E-state index is 3.54. The maximum absolute atomic E-state index is 3.54. The lowest BCUT2D eigenvalue weighted by molar-refractivity contribution is 0.607. The van der Waals surface area contributed by atoms with E-state index < -0.39 is 0 Å². The molecule has 0 radical (unpaired) electrons. The average Bonchev–Trinajstić information content (AvgIpc) is 2.83. The zero-order chi connectivity index (χ0) is 12.4. The molecule has 0 aliphatic rings. The van der Waals surface area contributed by atoms with Crippen LogP contribution in [0.15, 0.2) is 30.2 Å². The first-order chi connectivity index (χ1) is 8.10. The fourth-order valence-electron chi connectivity index (χ4n) is 1.54. The molecular formula is C11H10Br3NS2. The Kier molecular flexibility index (Phi) is 5.27. The average molecular weight is 460 g/mol. The molecule has 92 valence electrons. The number of hydrogen-bond acceptors (Lipinski definition) is 3. The monoisotopic (exact) mass is 457 g/mol. The Labute approximate surface area is 134 Å². The van der Waals surface area contributed by atoms with E-state index in [0.717, 1.165) is 14.7 Å². The van der Waals surface area contributed by atoms with Gasteiger partial charge in [0, 0.05) is 26.7 Å². The zero-order valence-corrected chi connectivity index (χ0v) is 15.4. The zero-order valence-electron chi connectivity index (χ0n) is 8.97. The second kappa shape index (κ2) is 6.30. The molecule has 2 heterocycles. The quantitative estimate of drug-likeness (QED) is 0.627. The van der Waals surface area contributed by atoms with Crippen molar-refractivity contribution >= 4 is 70.5 Å². The summed E-state index contributed by atoms with van der Waals surface area (Å²) < 4.78 is 3.47. The lowest BCUT2D eigenvalue weighted by atomic mass is 10.1. The van der Waals surface area contributed by atoms with Crippen LogP contribution in [-0.4, -0.2) is 7.05 Å². The second-order valence-electron chi connectivity index (χ2n) is 3.52. The van der Waals surface area contributed by atoms with Gasteiger partial charge in [-0.25, -0.2) is 0 Å². The molecule has 0 saturated heterocycles. The van der Waals surface area contributed by atoms with Crippen LogP contribution < -0.4 is 5.32 Å². The van der Waals surface area contributed by atoms with Crippen LogP contribution in [0.1, 0.15) is 15.8 Å². The van der Waals surface area contributed by atoms with Crippen molar-refractivity contribution in [1.82, 2.24) is 5.32 Å². The number of hydrogen-bond donors (Lipinski definition) is 1. The van der Waals surface area contributed by atoms with Gasteiger partial charge in [0.25, 0.3) is 0 Å². The fraction of sp³-hybridized carbons (Fsp3) is 0.273. The van der Waals surface area contributed by atoms with Crippen LogP contribution in [0, 0.1) is 0 Å². The SMILES string of the molecule is CNC(Cc1ccc(Br)s1)c1cc(Br)c(Br)s1. The number of thiophene rings is 2. The summed E-state index contributed by atoms with van der Waals surface area (Å²) in [7, 11) is 2.01. The Morgan fingerprint density at radius 2 is 2.00 bits per heavy atom. The highest BCUT2D eigenvalue weighted by Gasteiger charge is 2.15. The van der Waals surface area contributed by atoms with Crippen LogP contribution in [0.3, 0.4) is 0 Å². The predicted molar refractivity (Wildman–Crippen MR) is 87.2 cm³/mol. The number of halogens is 3. The minimum Gasteiger partial charge on any atom is -0.312 e. The predicted octanol–water partition coefficient (Wildman–Crippen LogP) is 5.60. The molecule has 1 nitrogen and oxygen atoms in total. The van der Waals surface area contributed by atoms with Crippen molar-refractivity contribution in [2.75, 3.05) is 7.05 Å². The third-order valence-electron chi connectivity index (χ3n) is 2.39. The summed E-state index contributed by atoms with van der Waals surface area (Å²) in [6.07, 6.45) is 1.02. The Morgan fingerprint density at radius 1 is 1.24 bits per heavy atom. The summed E-state index contributed by atoms with van der Waals surface area (Å²) in [4.78, 5) is 2.73. The molecule has 6 heteroatoms. The molecule has 17 heavy (non-hydrogen) atoms. The number of nitrogens with one attached hydrogen (secondary N) is 1. The Balaban J connectivity index is 2.16. The maximum Gasteiger partial charge on any atom is 0.0843 e. The van der Waals surface area contributed by atoms with Gasteiger partial charge in [-0.05, 0) is 73.0 Å². The van der Waals surface area contributed by atoms with E-state index in [9.17, 15) is 0 Å². The lowest BCUT2D eigenvalue weighted by Crippen LogP contribution is -2.17. The Morgan fingerprint density at radius 3 is 2.47 bits per heavy atom. The Bertz CT molecular complexity index is 487. The van der Waals surface area contributed by atoms with Crippen molar-refractivity contribution < 1.29 is 0 Å². The van der Waals surface area contributed by atoms with Crippen molar-refractivity contribution in [3.8, 4) is 0 Å². The van der Waals surface area contributed by atoms with E-state index in [4.69, 9.17) is 0 Å². The summed E-state index contributed by atoms with van der Waals surface area (Å²) in [6, 6.07) is 6.83. The Hall–Kier alpha value is 0.800. The third-order valence-corrected chi connectivity index (χ3v) is 7.41. The lowest BCUT2D eigenvalue weighted by Gasteiger charge is -2.12. The molecule has 0 saturated carbocycles. The van der Waals surface area contributed by atoms with Gasteiger partial charge in [0.2, 0.25) is 0 Å². The van der Waals surface area contributed by atoms with Gasteiger partial charge in [-0.2, -0.15) is 0 Å². The molecule has 2 aromatic heterocycles. The topological polar surface area (TPSA) is 12.0 Å². The van der Waals surface area contributed by atoms with Gasteiger partial charge in [-0.3, -0.25) is 0 Å². The first kappa shape index (κ1) is 14.2. The summed E-state index contributed by atoms with van der Waals surface area (Å²) in [5.74, 6) is 0. The van der Waals surface area contributed by atoms with Crippen LogP contribution in [0.2, 0.25) is 0 Å². The molecule has 1 N–H and O–H groups in total. The van der Waals surface area contributed by atoms with Crippen molar-refractivity contribution in [2.24, 2.45) is 0 Å². The van der Waals surface area contributed by atoms with Gasteiger partial charge in [-0.1, -0.05) is 0 Å². The second-order valence-corrected chi connectivity index (χ2v) is 9.33. The number of likely N-dealkylation sites (N-methyl/N-ethyl adjacent to an activating group) is 1. The van der Waals surface area contributed by atoms with Gasteiger partial charge < -0.3 is 5.32 Å². The van der Waals surface area contributed by atoms with E-state index >= 15 is 0 Å². The van der Waals surface area contributed by atoms with E-state index in [-0.39, 0.29) is 0 Å². The number of rotatable bonds is 4. The molecule has 0 aliphatic carbocycles. The molecule has 0 bridgehead atoms. The summed E-state index contributed by atoms with van der Waals surface area (Å²) in [5, 5.41) is 3.38. The molecular weight excluding hydrogens is 450 g/mol. The largest absolute Gasteiger partial charge is 0.312 e. The highest BCUT2D eigenvalue weighted by molar-refractivity contribution is 9.13. The summed E-state index contributed by atoms with van der Waals surface area (Å²) in [5.41, 5.74) is 0. The molecule has 1 unspecified atom stereocenters. The molecule has 0 spiro atoms. The van der Waals surface area contributed by atoms with Crippen LogP contribution in [0.25, 0.3) is 0 Å². The van der Waals surface area contributed by atoms with Crippen molar-refractivity contribution in [3.63, 3.8) is 0 Å². The molecule has 0 amide bonds. The first-order valence-electron chi connectivity index (χ1n) is 4.96. The minimum atomic E-state index is 0.369. The van der Waals surface area contributed by atoms with Gasteiger partial charge in [-0.15, -0.1) is 22.7 Å². The van der Waals surface area contributed by atoms with Crippen LogP contribution in [-0.2, 0) is 6.42 Å². The van der Waals surface area contributed by atoms with Crippen molar-refractivity contribution in [2.45, 2.75) is 12.5 Å².